The molecule has 0 bridgehead atoms. The van der Waals surface area contributed by atoms with Gasteiger partial charge in [0, 0.05) is 13.1 Å². The maximum absolute atomic E-state index is 13.0. The van der Waals surface area contributed by atoms with Gasteiger partial charge in [0.15, 0.2) is 11.4 Å². The number of benzene rings is 2. The molecule has 4 rings (SSSR count). The first-order chi connectivity index (χ1) is 17.2. The minimum atomic E-state index is -4.57. The monoisotopic (exact) mass is 552 g/mol. The molecule has 0 saturated heterocycles. The molecule has 198 valence electrons. The Morgan fingerprint density at radius 2 is 1.19 bits per heavy atom. The predicted molar refractivity (Wildman–Crippen MR) is 118 cm³/mol. The highest BCUT2D eigenvalue weighted by Crippen LogP contribution is 2.31. The summed E-state index contributed by atoms with van der Waals surface area (Å²) in [6.45, 7) is -0.266. The fraction of sp³-hybridized carbons (Fsp3) is 0.182. The van der Waals surface area contributed by atoms with E-state index >= 15 is 0 Å². The van der Waals surface area contributed by atoms with Crippen LogP contribution in [0.4, 0.5) is 35.1 Å². The van der Waals surface area contributed by atoms with E-state index in [1.54, 1.807) is 0 Å². The molecule has 6 nitrogen and oxygen atoms in total. The molecule has 0 aliphatic carbocycles. The molecule has 0 radical (unpaired) electrons. The molecule has 4 N–H and O–H groups in total. The lowest BCUT2D eigenvalue weighted by atomic mass is 10.3. The lowest BCUT2D eigenvalue weighted by molar-refractivity contribution is -0.142. The van der Waals surface area contributed by atoms with E-state index < -0.39 is 35.4 Å². The Morgan fingerprint density at radius 1 is 0.703 bits per heavy atom. The second-order valence-corrected chi connectivity index (χ2v) is 7.75. The van der Waals surface area contributed by atoms with E-state index in [0.29, 0.717) is 0 Å². The van der Waals surface area contributed by atoms with E-state index in [4.69, 9.17) is 23.1 Å². The molecule has 4 aromatic rings. The molecule has 0 spiro atoms. The summed E-state index contributed by atoms with van der Waals surface area (Å²) in [6, 6.07) is 10.3. The first kappa shape index (κ1) is 28.1. The molecule has 37 heavy (non-hydrogen) atoms. The molecule has 2 aromatic carbocycles. The lowest BCUT2D eigenvalue weighted by Crippen LogP contribution is -2.09. The van der Waals surface area contributed by atoms with Crippen molar-refractivity contribution < 1.29 is 35.1 Å². The third-order valence-corrected chi connectivity index (χ3v) is 5.06. The zero-order chi connectivity index (χ0) is 27.5. The van der Waals surface area contributed by atoms with Gasteiger partial charge in [-0.15, -0.1) is 0 Å². The molecular weight excluding hydrogens is 536 g/mol. The number of aromatic nitrogens is 4. The quantitative estimate of drug-likeness (QED) is 0.321. The second-order valence-electron chi connectivity index (χ2n) is 7.35. The predicted octanol–water partition coefficient (Wildman–Crippen LogP) is 5.63. The molecule has 2 heterocycles. The van der Waals surface area contributed by atoms with Gasteiger partial charge in [-0.25, -0.2) is 18.1 Å². The zero-order valence-electron chi connectivity index (χ0n) is 18.5. The first-order valence-electron chi connectivity index (χ1n) is 10.2. The summed E-state index contributed by atoms with van der Waals surface area (Å²) in [5.41, 5.74) is 9.35. The molecule has 0 fully saturated rings. The summed E-state index contributed by atoms with van der Waals surface area (Å²) in [7, 11) is 0. The van der Waals surface area contributed by atoms with Crippen LogP contribution in [-0.2, 0) is 25.4 Å². The lowest BCUT2D eigenvalue weighted by Gasteiger charge is -2.06. The average molecular weight is 553 g/mol. The summed E-state index contributed by atoms with van der Waals surface area (Å²) in [5, 5.41) is 6.63. The topological polar surface area (TPSA) is 87.7 Å². The Hall–Kier alpha value is -3.49. The number of rotatable bonds is 4. The molecule has 0 aliphatic heterocycles. The van der Waals surface area contributed by atoms with Crippen LogP contribution in [0.5, 0.6) is 0 Å². The third kappa shape index (κ3) is 6.64. The van der Waals surface area contributed by atoms with Crippen LogP contribution in [-0.4, -0.2) is 19.6 Å². The van der Waals surface area contributed by atoms with Gasteiger partial charge in [-0.05, 0) is 48.5 Å². The summed E-state index contributed by atoms with van der Waals surface area (Å²) in [5.74, 6) is -1.22. The summed E-state index contributed by atoms with van der Waals surface area (Å²) in [4.78, 5) is 0. The maximum Gasteiger partial charge on any atom is 0.435 e. The van der Waals surface area contributed by atoms with Crippen molar-refractivity contribution in [3.63, 3.8) is 0 Å². The van der Waals surface area contributed by atoms with Gasteiger partial charge >= 0.3 is 12.4 Å². The first-order valence-corrected chi connectivity index (χ1v) is 10.6. The molecule has 0 aliphatic rings. The number of halogens is 9. The summed E-state index contributed by atoms with van der Waals surface area (Å²) >= 11 is 5.59. The van der Waals surface area contributed by atoms with Crippen molar-refractivity contribution in [2.45, 2.75) is 25.4 Å². The number of alkyl halides is 6. The average Bonchev–Trinajstić information content (AvgIpc) is 3.46. The number of nitrogens with two attached hydrogens (primary N) is 2. The van der Waals surface area contributed by atoms with E-state index in [1.807, 2.05) is 0 Å². The Labute approximate surface area is 209 Å². The highest BCUT2D eigenvalue weighted by atomic mass is 35.5. The Bertz CT molecular complexity index is 1380. The van der Waals surface area contributed by atoms with E-state index in [1.165, 1.54) is 30.3 Å². The van der Waals surface area contributed by atoms with Crippen molar-refractivity contribution >= 4 is 11.6 Å². The zero-order valence-corrected chi connectivity index (χ0v) is 19.2. The Balaban J connectivity index is 0.000000206. The van der Waals surface area contributed by atoms with Crippen LogP contribution in [0.2, 0.25) is 5.02 Å². The highest BCUT2D eigenvalue weighted by molar-refractivity contribution is 6.30. The van der Waals surface area contributed by atoms with Crippen LogP contribution >= 0.6 is 11.6 Å². The van der Waals surface area contributed by atoms with Crippen molar-refractivity contribution in [3.05, 3.63) is 94.0 Å². The Kier molecular flexibility index (Phi) is 8.25. The molecule has 2 aromatic heterocycles. The van der Waals surface area contributed by atoms with Crippen LogP contribution in [0, 0.1) is 11.6 Å². The van der Waals surface area contributed by atoms with Crippen molar-refractivity contribution in [1.82, 2.24) is 19.6 Å². The molecular formula is C22H17ClF8N6. The normalized spacial score (nSPS) is 11.9. The van der Waals surface area contributed by atoms with Crippen LogP contribution in [0.15, 0.2) is 54.6 Å². The third-order valence-electron chi connectivity index (χ3n) is 4.77. The maximum atomic E-state index is 13.0. The van der Waals surface area contributed by atoms with Gasteiger partial charge in [0.25, 0.3) is 0 Å². The van der Waals surface area contributed by atoms with E-state index in [-0.39, 0.29) is 40.9 Å². The van der Waals surface area contributed by atoms with Crippen molar-refractivity contribution in [2.24, 2.45) is 11.5 Å². The van der Waals surface area contributed by atoms with Gasteiger partial charge in [0.05, 0.1) is 27.8 Å². The summed E-state index contributed by atoms with van der Waals surface area (Å²) in [6.07, 6.45) is -9.12. The van der Waals surface area contributed by atoms with Gasteiger partial charge in [-0.2, -0.15) is 36.5 Å². The van der Waals surface area contributed by atoms with Gasteiger partial charge < -0.3 is 11.5 Å². The molecule has 0 unspecified atom stereocenters. The van der Waals surface area contributed by atoms with Gasteiger partial charge in [0.1, 0.15) is 11.6 Å². The Morgan fingerprint density at radius 3 is 1.59 bits per heavy atom. The number of nitrogens with zero attached hydrogens (tertiary/aromatic N) is 4. The number of hydrogen-bond acceptors (Lipinski definition) is 4. The van der Waals surface area contributed by atoms with E-state index in [9.17, 15) is 35.1 Å². The fourth-order valence-corrected chi connectivity index (χ4v) is 3.25. The van der Waals surface area contributed by atoms with Crippen molar-refractivity contribution in [1.29, 1.82) is 0 Å². The molecule has 0 saturated carbocycles. The second kappa shape index (κ2) is 10.9. The molecule has 0 amide bonds. The van der Waals surface area contributed by atoms with Crippen molar-refractivity contribution in [2.75, 3.05) is 0 Å². The van der Waals surface area contributed by atoms with E-state index in [2.05, 4.69) is 10.2 Å². The van der Waals surface area contributed by atoms with Crippen LogP contribution in [0.1, 0.15) is 22.8 Å². The molecule has 0 atom stereocenters. The minimum absolute atomic E-state index is 0.125. The van der Waals surface area contributed by atoms with E-state index in [0.717, 1.165) is 33.6 Å². The standard InChI is InChI=1S/C11H8ClF4N3.C11H9F4N3/c12-8-3-6(1-2-9(8)13)19-7(5-17)4-10(18-19)11(14,15)16;12-7-2-1-3-8(4-7)18-9(6-16)5-10(17-18)11(13,14)15/h1-4H,5,17H2;1-5H,6,16H2. The van der Waals surface area contributed by atoms with Gasteiger partial charge in [-0.1, -0.05) is 17.7 Å². The smallest absolute Gasteiger partial charge is 0.325 e. The van der Waals surface area contributed by atoms with Gasteiger partial charge in [0.2, 0.25) is 0 Å². The number of hydrogen-bond donors (Lipinski definition) is 2. The molecule has 15 heteroatoms. The van der Waals surface area contributed by atoms with Crippen LogP contribution in [0.3, 0.4) is 0 Å². The van der Waals surface area contributed by atoms with Crippen LogP contribution < -0.4 is 11.5 Å². The highest BCUT2D eigenvalue weighted by Gasteiger charge is 2.35. The minimum Gasteiger partial charge on any atom is -0.325 e. The summed E-state index contributed by atoms with van der Waals surface area (Å²) < 4.78 is 103. The van der Waals surface area contributed by atoms with Gasteiger partial charge in [-0.3, -0.25) is 0 Å². The SMILES string of the molecule is NCc1cc(C(F)(F)F)nn1-c1ccc(F)c(Cl)c1.NCc1cc(C(F)(F)F)nn1-c1cccc(F)c1. The largest absolute Gasteiger partial charge is 0.435 e. The van der Waals surface area contributed by atoms with Crippen LogP contribution in [0.25, 0.3) is 11.4 Å². The fourth-order valence-electron chi connectivity index (χ4n) is 3.08. The van der Waals surface area contributed by atoms with Crippen molar-refractivity contribution in [3.8, 4) is 11.4 Å².